The van der Waals surface area contributed by atoms with E-state index in [-0.39, 0.29) is 11.1 Å². The summed E-state index contributed by atoms with van der Waals surface area (Å²) in [5, 5.41) is 0.551. The Bertz CT molecular complexity index is 664. The molecule has 0 fully saturated rings. The van der Waals surface area contributed by atoms with Crippen LogP contribution < -0.4 is 16.1 Å². The van der Waals surface area contributed by atoms with Gasteiger partial charge < -0.3 is 10.6 Å². The predicted molar refractivity (Wildman–Crippen MR) is 59.2 cm³/mol. The Kier molecular flexibility index (Phi) is 2.55. The lowest BCUT2D eigenvalue weighted by Crippen LogP contribution is -2.32. The number of nitrogens with zero attached hydrogens (tertiary/aromatic N) is 1. The van der Waals surface area contributed by atoms with Crippen LogP contribution in [-0.2, 0) is 0 Å². The second kappa shape index (κ2) is 3.89. The molecule has 1 aromatic heterocycles. The second-order valence-electron chi connectivity index (χ2n) is 3.41. The van der Waals surface area contributed by atoms with Crippen molar-refractivity contribution in [3.8, 4) is 0 Å². The standard InChI is InChI=1S/C11H9FN2O3/c1-17-14-9(10(13)15)5-6-4-7(12)2-3-8(6)11(14)16/h2-5H,1H3,(H2,13,15). The number of primary amides is 1. The minimum atomic E-state index is -0.824. The summed E-state index contributed by atoms with van der Waals surface area (Å²) < 4.78 is 13.8. The summed E-state index contributed by atoms with van der Waals surface area (Å²) in [5.74, 6) is -1.32. The van der Waals surface area contributed by atoms with Gasteiger partial charge in [-0.15, -0.1) is 4.73 Å². The van der Waals surface area contributed by atoms with E-state index in [9.17, 15) is 14.0 Å². The van der Waals surface area contributed by atoms with E-state index in [1.165, 1.54) is 19.2 Å². The quantitative estimate of drug-likeness (QED) is 0.814. The van der Waals surface area contributed by atoms with E-state index in [1.54, 1.807) is 0 Å². The Balaban J connectivity index is 2.93. The van der Waals surface area contributed by atoms with Crippen molar-refractivity contribution in [3.63, 3.8) is 0 Å². The number of carbonyl (C=O) groups excluding carboxylic acids is 1. The van der Waals surface area contributed by atoms with Crippen molar-refractivity contribution < 1.29 is 14.0 Å². The largest absolute Gasteiger partial charge is 0.413 e. The lowest BCUT2D eigenvalue weighted by Gasteiger charge is -2.09. The Labute approximate surface area is 95.2 Å². The molecule has 2 N–H and O–H groups in total. The van der Waals surface area contributed by atoms with Gasteiger partial charge >= 0.3 is 0 Å². The van der Waals surface area contributed by atoms with Crippen LogP contribution in [0.1, 0.15) is 10.5 Å². The van der Waals surface area contributed by atoms with E-state index in [0.29, 0.717) is 5.39 Å². The van der Waals surface area contributed by atoms with Crippen LogP contribution in [0.4, 0.5) is 4.39 Å². The number of rotatable bonds is 2. The highest BCUT2D eigenvalue weighted by Gasteiger charge is 2.13. The molecule has 1 heterocycles. The van der Waals surface area contributed by atoms with Gasteiger partial charge in [0.2, 0.25) is 0 Å². The van der Waals surface area contributed by atoms with Crippen LogP contribution in [-0.4, -0.2) is 17.7 Å². The maximum absolute atomic E-state index is 13.0. The van der Waals surface area contributed by atoms with Crippen molar-refractivity contribution in [2.24, 2.45) is 5.73 Å². The fourth-order valence-corrected chi connectivity index (χ4v) is 1.62. The highest BCUT2D eigenvalue weighted by molar-refractivity contribution is 5.95. The van der Waals surface area contributed by atoms with Gasteiger partial charge in [0, 0.05) is 0 Å². The van der Waals surface area contributed by atoms with Crippen molar-refractivity contribution in [3.05, 3.63) is 46.1 Å². The molecule has 1 aromatic carbocycles. The normalized spacial score (nSPS) is 10.5. The van der Waals surface area contributed by atoms with Crippen molar-refractivity contribution in [2.75, 3.05) is 7.11 Å². The molecule has 0 saturated carbocycles. The van der Waals surface area contributed by atoms with Gasteiger partial charge in [-0.1, -0.05) is 0 Å². The zero-order valence-electron chi connectivity index (χ0n) is 8.94. The number of benzene rings is 1. The third-order valence-electron chi connectivity index (χ3n) is 2.37. The van der Waals surface area contributed by atoms with Gasteiger partial charge in [0.15, 0.2) is 0 Å². The number of halogens is 1. The van der Waals surface area contributed by atoms with Crippen LogP contribution in [0.2, 0.25) is 0 Å². The Morgan fingerprint density at radius 2 is 2.12 bits per heavy atom. The SMILES string of the molecule is COn1c(C(N)=O)cc2cc(F)ccc2c1=O. The summed E-state index contributed by atoms with van der Waals surface area (Å²) >= 11 is 0. The molecular formula is C11H9FN2O3. The Morgan fingerprint density at radius 3 is 2.71 bits per heavy atom. The third kappa shape index (κ3) is 1.73. The molecule has 2 aromatic rings. The summed E-state index contributed by atoms with van der Waals surface area (Å²) in [6, 6.07) is 4.95. The molecule has 0 atom stereocenters. The van der Waals surface area contributed by atoms with Gasteiger partial charge in [0.25, 0.3) is 11.5 Å². The molecule has 0 bridgehead atoms. The van der Waals surface area contributed by atoms with E-state index in [0.717, 1.165) is 16.9 Å². The number of amides is 1. The van der Waals surface area contributed by atoms with Crippen LogP contribution in [0.5, 0.6) is 0 Å². The number of carbonyl (C=O) groups is 1. The number of aromatic nitrogens is 1. The summed E-state index contributed by atoms with van der Waals surface area (Å²) in [4.78, 5) is 27.8. The molecule has 88 valence electrons. The first kappa shape index (κ1) is 11.1. The van der Waals surface area contributed by atoms with E-state index < -0.39 is 17.3 Å². The highest BCUT2D eigenvalue weighted by atomic mass is 19.1. The van der Waals surface area contributed by atoms with Gasteiger partial charge in [0.05, 0.1) is 5.39 Å². The smallest absolute Gasteiger partial charge is 0.291 e. The van der Waals surface area contributed by atoms with Crippen molar-refractivity contribution in [1.29, 1.82) is 0 Å². The molecule has 17 heavy (non-hydrogen) atoms. The first-order valence-corrected chi connectivity index (χ1v) is 4.74. The fraction of sp³-hybridized carbons (Fsp3) is 0.0909. The summed E-state index contributed by atoms with van der Waals surface area (Å²) in [5.41, 5.74) is 4.43. The summed E-state index contributed by atoms with van der Waals surface area (Å²) in [6.07, 6.45) is 0. The molecule has 0 aliphatic heterocycles. The minimum Gasteiger partial charge on any atom is -0.413 e. The molecular weight excluding hydrogens is 227 g/mol. The maximum atomic E-state index is 13.0. The van der Waals surface area contributed by atoms with E-state index >= 15 is 0 Å². The van der Waals surface area contributed by atoms with Crippen LogP contribution in [0.15, 0.2) is 29.1 Å². The zero-order chi connectivity index (χ0) is 12.6. The van der Waals surface area contributed by atoms with Crippen molar-refractivity contribution in [2.45, 2.75) is 0 Å². The molecule has 5 nitrogen and oxygen atoms in total. The predicted octanol–water partition coefficient (Wildman–Crippen LogP) is 0.298. The summed E-state index contributed by atoms with van der Waals surface area (Å²) in [7, 11) is 1.24. The van der Waals surface area contributed by atoms with Gasteiger partial charge in [-0.05, 0) is 29.7 Å². The van der Waals surface area contributed by atoms with Crippen LogP contribution in [0, 0.1) is 5.82 Å². The Hall–Kier alpha value is -2.37. The molecule has 0 aliphatic rings. The first-order valence-electron chi connectivity index (χ1n) is 4.74. The van der Waals surface area contributed by atoms with E-state index in [4.69, 9.17) is 10.6 Å². The lowest BCUT2D eigenvalue weighted by atomic mass is 10.1. The number of nitrogens with two attached hydrogens (primary N) is 1. The number of hydrogen-bond acceptors (Lipinski definition) is 3. The second-order valence-corrected chi connectivity index (χ2v) is 3.41. The molecule has 0 unspecified atom stereocenters. The number of pyridine rings is 1. The van der Waals surface area contributed by atoms with Crippen LogP contribution >= 0.6 is 0 Å². The molecule has 1 amide bonds. The van der Waals surface area contributed by atoms with E-state index in [1.807, 2.05) is 0 Å². The molecule has 0 spiro atoms. The third-order valence-corrected chi connectivity index (χ3v) is 2.37. The number of hydrogen-bond donors (Lipinski definition) is 1. The molecule has 0 radical (unpaired) electrons. The monoisotopic (exact) mass is 236 g/mol. The molecule has 0 aliphatic carbocycles. The van der Waals surface area contributed by atoms with Crippen molar-refractivity contribution in [1.82, 2.24) is 4.73 Å². The Morgan fingerprint density at radius 1 is 1.41 bits per heavy atom. The topological polar surface area (TPSA) is 74.3 Å². The van der Waals surface area contributed by atoms with Crippen LogP contribution in [0.25, 0.3) is 10.8 Å². The van der Waals surface area contributed by atoms with Gasteiger partial charge in [0.1, 0.15) is 18.6 Å². The van der Waals surface area contributed by atoms with Gasteiger partial charge in [-0.2, -0.15) is 0 Å². The van der Waals surface area contributed by atoms with Gasteiger partial charge in [-0.25, -0.2) is 4.39 Å². The molecule has 2 rings (SSSR count). The van der Waals surface area contributed by atoms with Crippen molar-refractivity contribution >= 4 is 16.7 Å². The highest BCUT2D eigenvalue weighted by Crippen LogP contribution is 2.13. The molecule has 0 saturated heterocycles. The first-order chi connectivity index (χ1) is 8.04. The number of fused-ring (bicyclic) bond motifs is 1. The minimum absolute atomic E-state index is 0.129. The zero-order valence-corrected chi connectivity index (χ0v) is 8.94. The lowest BCUT2D eigenvalue weighted by molar-refractivity contribution is 0.0930. The molecule has 6 heteroatoms. The van der Waals surface area contributed by atoms with E-state index in [2.05, 4.69) is 0 Å². The van der Waals surface area contributed by atoms with Gasteiger partial charge in [-0.3, -0.25) is 9.59 Å². The van der Waals surface area contributed by atoms with Crippen LogP contribution in [0.3, 0.4) is 0 Å². The maximum Gasteiger partial charge on any atom is 0.291 e. The average Bonchev–Trinajstić information content (AvgIpc) is 2.28. The summed E-state index contributed by atoms with van der Waals surface area (Å²) in [6.45, 7) is 0. The average molecular weight is 236 g/mol. The fourth-order valence-electron chi connectivity index (χ4n) is 1.62.